The fraction of sp³-hybridized carbons (Fsp3) is 0.333. The molecular formula is C39H42N2O5. The summed E-state index contributed by atoms with van der Waals surface area (Å²) >= 11 is 0. The number of benzene rings is 4. The lowest BCUT2D eigenvalue weighted by Crippen LogP contribution is -2.54. The van der Waals surface area contributed by atoms with E-state index in [2.05, 4.69) is 29.6 Å². The molecule has 1 aliphatic heterocycles. The molecule has 1 fully saturated rings. The first-order valence-electron chi connectivity index (χ1n) is 16.3. The molecule has 1 saturated carbocycles. The van der Waals surface area contributed by atoms with E-state index in [0.29, 0.717) is 43.9 Å². The van der Waals surface area contributed by atoms with Crippen molar-refractivity contribution in [1.82, 2.24) is 5.32 Å². The van der Waals surface area contributed by atoms with Crippen molar-refractivity contribution >= 4 is 11.8 Å². The quantitative estimate of drug-likeness (QED) is 0.159. The van der Waals surface area contributed by atoms with Crippen LogP contribution < -0.4 is 10.1 Å². The molecule has 6 rings (SSSR count). The fourth-order valence-corrected chi connectivity index (χ4v) is 6.45. The first-order valence-corrected chi connectivity index (χ1v) is 16.3. The molecule has 1 heterocycles. The van der Waals surface area contributed by atoms with Gasteiger partial charge in [-0.3, -0.25) is 4.79 Å². The predicted molar refractivity (Wildman–Crippen MR) is 180 cm³/mol. The Bertz CT molecular complexity index is 1600. The minimum atomic E-state index is -1.33. The van der Waals surface area contributed by atoms with Crippen LogP contribution in [0.3, 0.4) is 0 Å². The number of amides is 1. The van der Waals surface area contributed by atoms with E-state index in [0.717, 1.165) is 47.1 Å². The number of nitrogens with zero attached hydrogens (tertiary/aromatic N) is 1. The molecule has 0 aromatic heterocycles. The maximum absolute atomic E-state index is 14.6. The highest BCUT2D eigenvalue weighted by molar-refractivity contribution is 6.01. The SMILES string of the molecule is O=C(NCC1(O)CCCCC1)[C@]1(Cc2ccccc2)N=C(c2ccc(OCCCO)cc2)O[C@@H]1c1ccc(-c2ccccc2)cc1. The molecule has 0 saturated heterocycles. The summed E-state index contributed by atoms with van der Waals surface area (Å²) in [6.45, 7) is 0.660. The lowest BCUT2D eigenvalue weighted by molar-refractivity contribution is -0.130. The van der Waals surface area contributed by atoms with E-state index >= 15 is 0 Å². The predicted octanol–water partition coefficient (Wildman–Crippen LogP) is 6.43. The first kappa shape index (κ1) is 31.5. The summed E-state index contributed by atoms with van der Waals surface area (Å²) in [6.07, 6.45) is 4.48. The number of aliphatic hydroxyl groups excluding tert-OH is 1. The third-order valence-electron chi connectivity index (χ3n) is 9.03. The Hall–Kier alpha value is -4.46. The molecular weight excluding hydrogens is 576 g/mol. The zero-order chi connectivity index (χ0) is 31.8. The van der Waals surface area contributed by atoms with Crippen LogP contribution in [0.2, 0.25) is 0 Å². The number of hydrogen-bond donors (Lipinski definition) is 3. The van der Waals surface area contributed by atoms with E-state index in [1.54, 1.807) is 0 Å². The van der Waals surface area contributed by atoms with Crippen LogP contribution >= 0.6 is 0 Å². The molecule has 7 heteroatoms. The van der Waals surface area contributed by atoms with Crippen LogP contribution in [-0.2, 0) is 16.0 Å². The molecule has 4 aromatic carbocycles. The molecule has 46 heavy (non-hydrogen) atoms. The van der Waals surface area contributed by atoms with E-state index < -0.39 is 17.2 Å². The number of aliphatic hydroxyl groups is 2. The number of nitrogens with one attached hydrogen (secondary N) is 1. The first-order chi connectivity index (χ1) is 22.5. The van der Waals surface area contributed by atoms with Crippen molar-refractivity contribution in [3.05, 3.63) is 126 Å². The number of carbonyl (C=O) groups is 1. The Labute approximate surface area is 270 Å². The summed E-state index contributed by atoms with van der Waals surface area (Å²) in [5.74, 6) is 0.783. The number of aliphatic imine (C=N–C) groups is 1. The van der Waals surface area contributed by atoms with Gasteiger partial charge in [0.15, 0.2) is 11.6 Å². The zero-order valence-corrected chi connectivity index (χ0v) is 26.1. The second kappa shape index (κ2) is 14.3. The minimum Gasteiger partial charge on any atom is -0.494 e. The van der Waals surface area contributed by atoms with Crippen LogP contribution in [-0.4, -0.2) is 52.9 Å². The zero-order valence-electron chi connectivity index (χ0n) is 26.1. The molecule has 4 aromatic rings. The summed E-state index contributed by atoms with van der Waals surface area (Å²) in [6, 6.07) is 35.7. The van der Waals surface area contributed by atoms with Gasteiger partial charge in [0.2, 0.25) is 5.90 Å². The molecule has 7 nitrogen and oxygen atoms in total. The van der Waals surface area contributed by atoms with Gasteiger partial charge < -0.3 is 25.0 Å². The van der Waals surface area contributed by atoms with Crippen molar-refractivity contribution in [2.75, 3.05) is 19.8 Å². The molecule has 238 valence electrons. The van der Waals surface area contributed by atoms with Gasteiger partial charge in [-0.05, 0) is 59.4 Å². The van der Waals surface area contributed by atoms with Crippen LogP contribution in [0.1, 0.15) is 61.3 Å². The molecule has 0 spiro atoms. The standard InChI is InChI=1S/C39H42N2O5/c42-25-10-26-45-34-21-19-33(20-22-34)36-41-39(27-29-11-4-1-5-12-29,37(43)40-28-38(44)23-8-3-9-24-38)35(46-36)32-17-15-31(16-18-32)30-13-6-2-7-14-30/h1-2,4-7,11-22,35,42,44H,3,8-10,23-28H2,(H,40,43)/t35-,39-/m1/s1. The van der Waals surface area contributed by atoms with Crippen molar-refractivity contribution in [2.45, 2.75) is 62.2 Å². The van der Waals surface area contributed by atoms with Crippen molar-refractivity contribution in [3.8, 4) is 16.9 Å². The van der Waals surface area contributed by atoms with Gasteiger partial charge in [-0.1, -0.05) is 104 Å². The molecule has 0 bridgehead atoms. The van der Waals surface area contributed by atoms with Gasteiger partial charge >= 0.3 is 0 Å². The number of carbonyl (C=O) groups excluding carboxylic acids is 1. The third kappa shape index (κ3) is 7.16. The van der Waals surface area contributed by atoms with E-state index in [4.69, 9.17) is 19.6 Å². The Morgan fingerprint density at radius 3 is 2.13 bits per heavy atom. The third-order valence-corrected chi connectivity index (χ3v) is 9.03. The highest BCUT2D eigenvalue weighted by Crippen LogP contribution is 2.43. The summed E-state index contributed by atoms with van der Waals surface area (Å²) in [7, 11) is 0. The minimum absolute atomic E-state index is 0.0689. The number of rotatable bonds is 12. The topological polar surface area (TPSA) is 100 Å². The summed E-state index contributed by atoms with van der Waals surface area (Å²) < 4.78 is 12.4. The highest BCUT2D eigenvalue weighted by Gasteiger charge is 2.53. The van der Waals surface area contributed by atoms with E-state index in [1.807, 2.05) is 84.9 Å². The van der Waals surface area contributed by atoms with Crippen LogP contribution in [0.5, 0.6) is 5.75 Å². The van der Waals surface area contributed by atoms with E-state index in [-0.39, 0.29) is 19.1 Å². The Morgan fingerprint density at radius 2 is 1.46 bits per heavy atom. The highest BCUT2D eigenvalue weighted by atomic mass is 16.5. The smallest absolute Gasteiger partial charge is 0.252 e. The molecule has 0 radical (unpaired) electrons. The van der Waals surface area contributed by atoms with Crippen LogP contribution in [0.4, 0.5) is 0 Å². The second-order valence-electron chi connectivity index (χ2n) is 12.4. The van der Waals surface area contributed by atoms with Gasteiger partial charge in [0, 0.05) is 31.6 Å². The molecule has 3 N–H and O–H groups in total. The van der Waals surface area contributed by atoms with Crippen LogP contribution in [0.15, 0.2) is 114 Å². The summed E-state index contributed by atoms with van der Waals surface area (Å²) in [4.78, 5) is 19.7. The monoisotopic (exact) mass is 618 g/mol. The summed E-state index contributed by atoms with van der Waals surface area (Å²) in [5.41, 5.74) is 2.45. The van der Waals surface area contributed by atoms with Crippen molar-refractivity contribution < 1.29 is 24.5 Å². The maximum Gasteiger partial charge on any atom is 0.252 e. The molecule has 1 amide bonds. The number of ether oxygens (including phenoxy) is 2. The molecule has 2 atom stereocenters. The van der Waals surface area contributed by atoms with Gasteiger partial charge in [0.05, 0.1) is 12.2 Å². The van der Waals surface area contributed by atoms with E-state index in [9.17, 15) is 9.90 Å². The Kier molecular flexibility index (Phi) is 9.81. The molecule has 1 aliphatic carbocycles. The summed E-state index contributed by atoms with van der Waals surface area (Å²) in [5, 5.41) is 23.5. The van der Waals surface area contributed by atoms with Gasteiger partial charge in [0.1, 0.15) is 5.75 Å². The normalized spacial score (nSPS) is 20.4. The van der Waals surface area contributed by atoms with Crippen molar-refractivity contribution in [3.63, 3.8) is 0 Å². The average Bonchev–Trinajstić information content (AvgIpc) is 3.49. The average molecular weight is 619 g/mol. The van der Waals surface area contributed by atoms with Crippen molar-refractivity contribution in [1.29, 1.82) is 0 Å². The van der Waals surface area contributed by atoms with Crippen molar-refractivity contribution in [2.24, 2.45) is 4.99 Å². The molecule has 2 aliphatic rings. The van der Waals surface area contributed by atoms with Crippen LogP contribution in [0.25, 0.3) is 11.1 Å². The van der Waals surface area contributed by atoms with Crippen LogP contribution in [0, 0.1) is 0 Å². The van der Waals surface area contributed by atoms with Gasteiger partial charge in [-0.15, -0.1) is 0 Å². The van der Waals surface area contributed by atoms with Gasteiger partial charge in [-0.2, -0.15) is 0 Å². The lowest BCUT2D eigenvalue weighted by atomic mass is 9.81. The van der Waals surface area contributed by atoms with Gasteiger partial charge in [0.25, 0.3) is 5.91 Å². The van der Waals surface area contributed by atoms with E-state index in [1.165, 1.54) is 0 Å². The maximum atomic E-state index is 14.6. The number of hydrogen-bond acceptors (Lipinski definition) is 6. The Morgan fingerprint density at radius 1 is 0.826 bits per heavy atom. The second-order valence-corrected chi connectivity index (χ2v) is 12.4. The fourth-order valence-electron chi connectivity index (χ4n) is 6.45. The molecule has 0 unspecified atom stereocenters. The lowest BCUT2D eigenvalue weighted by Gasteiger charge is -2.35. The van der Waals surface area contributed by atoms with Gasteiger partial charge in [-0.25, -0.2) is 4.99 Å². The Balaban J connectivity index is 1.38. The largest absolute Gasteiger partial charge is 0.494 e.